The highest BCUT2D eigenvalue weighted by Crippen LogP contribution is 2.35. The Kier molecular flexibility index (Phi) is 6.21. The molecule has 0 spiro atoms. The van der Waals surface area contributed by atoms with Crippen LogP contribution in [-0.4, -0.2) is 71.0 Å². The molecule has 5 rings (SSSR count). The van der Waals surface area contributed by atoms with Crippen molar-refractivity contribution in [1.29, 1.82) is 0 Å². The zero-order valence-corrected chi connectivity index (χ0v) is 19.5. The second kappa shape index (κ2) is 9.44. The summed E-state index contributed by atoms with van der Waals surface area (Å²) in [5, 5.41) is 1.00. The van der Waals surface area contributed by atoms with Crippen molar-refractivity contribution >= 4 is 46.8 Å². The molecule has 1 fully saturated rings. The molecule has 2 aliphatic heterocycles. The van der Waals surface area contributed by atoms with Gasteiger partial charge >= 0.3 is 0 Å². The van der Waals surface area contributed by atoms with Crippen LogP contribution in [0.3, 0.4) is 0 Å². The number of piperazine rings is 1. The number of benzene rings is 1. The quantitative estimate of drug-likeness (QED) is 0.545. The first-order chi connectivity index (χ1) is 16.5. The van der Waals surface area contributed by atoms with Crippen LogP contribution in [0.2, 0.25) is 10.0 Å². The second-order valence-corrected chi connectivity index (χ2v) is 8.76. The largest absolute Gasteiger partial charge is 0.480 e. The lowest BCUT2D eigenvalue weighted by atomic mass is 10.1. The van der Waals surface area contributed by atoms with Crippen molar-refractivity contribution in [3.63, 3.8) is 0 Å². The molecule has 0 atom stereocenters. The van der Waals surface area contributed by atoms with Crippen LogP contribution >= 0.6 is 23.2 Å². The summed E-state index contributed by atoms with van der Waals surface area (Å²) in [4.78, 5) is 43.7. The molecule has 2 aliphatic rings. The molecule has 34 heavy (non-hydrogen) atoms. The summed E-state index contributed by atoms with van der Waals surface area (Å²) >= 11 is 12.2. The number of carbonyl (C=O) groups excluding carboxylic acids is 2. The average molecular weight is 499 g/mol. The van der Waals surface area contributed by atoms with E-state index in [2.05, 4.69) is 15.0 Å². The first kappa shape index (κ1) is 22.4. The molecule has 2 amide bonds. The van der Waals surface area contributed by atoms with Gasteiger partial charge in [0.2, 0.25) is 11.9 Å². The topological polar surface area (TPSA) is 91.8 Å². The molecule has 4 heterocycles. The molecule has 3 aromatic rings. The molecular formula is C23H20Cl2N6O3. The summed E-state index contributed by atoms with van der Waals surface area (Å²) in [6.45, 7) is 2.00. The smallest absolute Gasteiger partial charge is 0.266 e. The van der Waals surface area contributed by atoms with Gasteiger partial charge in [-0.1, -0.05) is 23.2 Å². The number of anilines is 2. The van der Waals surface area contributed by atoms with Gasteiger partial charge < -0.3 is 14.5 Å². The van der Waals surface area contributed by atoms with Crippen molar-refractivity contribution in [3.8, 4) is 16.9 Å². The summed E-state index contributed by atoms with van der Waals surface area (Å²) in [6, 6.07) is 8.72. The molecule has 0 saturated carbocycles. The standard InChI is InChI=1S/C23H20Cl2N6O3/c24-17-8-15(9-18(25)11-17)16-10-19-22(28-12-16)31(21(33)14-34-19)13-20(32)29-4-6-30(7-5-29)23-26-2-1-3-27-23/h1-3,8-12H,4-7,13-14H2. The number of nitrogens with zero attached hydrogens (tertiary/aromatic N) is 6. The van der Waals surface area contributed by atoms with Gasteiger partial charge in [0.1, 0.15) is 6.54 Å². The number of rotatable bonds is 4. The molecule has 0 unspecified atom stereocenters. The number of aromatic nitrogens is 3. The minimum absolute atomic E-state index is 0.105. The average Bonchev–Trinajstić information content (AvgIpc) is 2.85. The normalized spacial score (nSPS) is 15.7. The van der Waals surface area contributed by atoms with Crippen LogP contribution in [0.1, 0.15) is 0 Å². The van der Waals surface area contributed by atoms with E-state index in [1.807, 2.05) is 4.90 Å². The van der Waals surface area contributed by atoms with E-state index < -0.39 is 0 Å². The number of pyridine rings is 1. The Hall–Kier alpha value is -3.43. The molecule has 9 nitrogen and oxygen atoms in total. The summed E-state index contributed by atoms with van der Waals surface area (Å²) in [5.41, 5.74) is 1.51. The monoisotopic (exact) mass is 498 g/mol. The Morgan fingerprint density at radius 3 is 2.35 bits per heavy atom. The predicted molar refractivity (Wildman–Crippen MR) is 128 cm³/mol. The molecule has 11 heteroatoms. The molecule has 0 aliphatic carbocycles. The molecule has 1 aromatic carbocycles. The molecule has 174 valence electrons. The highest BCUT2D eigenvalue weighted by molar-refractivity contribution is 6.35. The molecule has 1 saturated heterocycles. The van der Waals surface area contributed by atoms with E-state index in [-0.39, 0.29) is 25.0 Å². The highest BCUT2D eigenvalue weighted by atomic mass is 35.5. The van der Waals surface area contributed by atoms with Crippen LogP contribution < -0.4 is 14.5 Å². The number of carbonyl (C=O) groups is 2. The maximum atomic E-state index is 13.0. The highest BCUT2D eigenvalue weighted by Gasteiger charge is 2.31. The van der Waals surface area contributed by atoms with E-state index in [1.54, 1.807) is 53.8 Å². The predicted octanol–water partition coefficient (Wildman–Crippen LogP) is 2.92. The van der Waals surface area contributed by atoms with Crippen LogP contribution in [-0.2, 0) is 9.59 Å². The van der Waals surface area contributed by atoms with Gasteiger partial charge in [0.25, 0.3) is 5.91 Å². The lowest BCUT2D eigenvalue weighted by Gasteiger charge is -2.36. The fourth-order valence-electron chi connectivity index (χ4n) is 3.97. The third kappa shape index (κ3) is 4.62. The van der Waals surface area contributed by atoms with Crippen molar-refractivity contribution < 1.29 is 14.3 Å². The van der Waals surface area contributed by atoms with Crippen molar-refractivity contribution in [1.82, 2.24) is 19.9 Å². The van der Waals surface area contributed by atoms with Gasteiger partial charge in [0.05, 0.1) is 0 Å². The minimum atomic E-state index is -0.316. The van der Waals surface area contributed by atoms with E-state index in [1.165, 1.54) is 4.90 Å². The Morgan fingerprint density at radius 2 is 1.65 bits per heavy atom. The van der Waals surface area contributed by atoms with Gasteiger partial charge in [-0.3, -0.25) is 14.5 Å². The maximum Gasteiger partial charge on any atom is 0.266 e. The van der Waals surface area contributed by atoms with Crippen LogP contribution in [0.5, 0.6) is 5.75 Å². The van der Waals surface area contributed by atoms with E-state index in [0.29, 0.717) is 53.7 Å². The van der Waals surface area contributed by atoms with Gasteiger partial charge in [-0.2, -0.15) is 0 Å². The third-order valence-electron chi connectivity index (χ3n) is 5.70. The summed E-state index contributed by atoms with van der Waals surface area (Å²) < 4.78 is 5.61. The van der Waals surface area contributed by atoms with Gasteiger partial charge in [-0.05, 0) is 35.9 Å². The van der Waals surface area contributed by atoms with Crippen molar-refractivity contribution in [2.24, 2.45) is 0 Å². The van der Waals surface area contributed by atoms with E-state index in [9.17, 15) is 9.59 Å². The molecular weight excluding hydrogens is 479 g/mol. The van der Waals surface area contributed by atoms with Gasteiger partial charge in [0.15, 0.2) is 18.2 Å². The lowest BCUT2D eigenvalue weighted by molar-refractivity contribution is -0.132. The summed E-state index contributed by atoms with van der Waals surface area (Å²) in [6.07, 6.45) is 5.00. The lowest BCUT2D eigenvalue weighted by Crippen LogP contribution is -2.53. The Balaban J connectivity index is 1.29. The number of amides is 2. The van der Waals surface area contributed by atoms with E-state index in [0.717, 1.165) is 11.1 Å². The fraction of sp³-hybridized carbons (Fsp3) is 0.261. The zero-order chi connectivity index (χ0) is 23.7. The van der Waals surface area contributed by atoms with Crippen molar-refractivity contribution in [2.75, 3.05) is 49.1 Å². The van der Waals surface area contributed by atoms with E-state index >= 15 is 0 Å². The summed E-state index contributed by atoms with van der Waals surface area (Å²) in [5.74, 6) is 0.920. The third-order valence-corrected chi connectivity index (χ3v) is 6.13. The number of fused-ring (bicyclic) bond motifs is 1. The van der Waals surface area contributed by atoms with Crippen molar-refractivity contribution in [2.45, 2.75) is 0 Å². The first-order valence-corrected chi connectivity index (χ1v) is 11.4. The second-order valence-electron chi connectivity index (χ2n) is 7.89. The number of hydrogen-bond acceptors (Lipinski definition) is 7. The SMILES string of the molecule is O=C(CN1C(=O)COc2cc(-c3cc(Cl)cc(Cl)c3)cnc21)N1CCN(c2ncccn2)CC1. The fourth-order valence-corrected chi connectivity index (χ4v) is 4.49. The molecule has 0 radical (unpaired) electrons. The first-order valence-electron chi connectivity index (χ1n) is 10.7. The summed E-state index contributed by atoms with van der Waals surface area (Å²) in [7, 11) is 0. The molecule has 2 aromatic heterocycles. The Labute approximate surface area is 205 Å². The van der Waals surface area contributed by atoms with Crippen LogP contribution in [0.25, 0.3) is 11.1 Å². The van der Waals surface area contributed by atoms with E-state index in [4.69, 9.17) is 27.9 Å². The number of halogens is 2. The zero-order valence-electron chi connectivity index (χ0n) is 18.0. The van der Waals surface area contributed by atoms with Crippen LogP contribution in [0.15, 0.2) is 48.9 Å². The van der Waals surface area contributed by atoms with Gasteiger partial charge in [-0.25, -0.2) is 15.0 Å². The van der Waals surface area contributed by atoms with Gasteiger partial charge in [0, 0.05) is 60.4 Å². The molecule has 0 N–H and O–H groups in total. The van der Waals surface area contributed by atoms with Gasteiger partial charge in [-0.15, -0.1) is 0 Å². The maximum absolute atomic E-state index is 13.0. The van der Waals surface area contributed by atoms with Crippen molar-refractivity contribution in [3.05, 3.63) is 59.0 Å². The Bertz CT molecular complexity index is 1210. The molecule has 0 bridgehead atoms. The number of ether oxygens (including phenoxy) is 1. The number of hydrogen-bond donors (Lipinski definition) is 0. The Morgan fingerprint density at radius 1 is 0.941 bits per heavy atom. The van der Waals surface area contributed by atoms with Crippen LogP contribution in [0.4, 0.5) is 11.8 Å². The van der Waals surface area contributed by atoms with Crippen LogP contribution in [0, 0.1) is 0 Å². The minimum Gasteiger partial charge on any atom is -0.480 e.